The molecule has 0 aliphatic rings. The Bertz CT molecular complexity index is 477. The van der Waals surface area contributed by atoms with Crippen LogP contribution in [-0.4, -0.2) is 9.78 Å². The molecule has 84 valence electrons. The second kappa shape index (κ2) is 3.95. The van der Waals surface area contributed by atoms with E-state index in [2.05, 4.69) is 32.1 Å². The van der Waals surface area contributed by atoms with E-state index in [0.717, 1.165) is 10.7 Å². The molecule has 0 aliphatic carbocycles. The molecule has 0 atom stereocenters. The van der Waals surface area contributed by atoms with Crippen molar-refractivity contribution in [3.8, 4) is 5.69 Å². The highest BCUT2D eigenvalue weighted by Crippen LogP contribution is 2.22. The first-order valence-electron chi connectivity index (χ1n) is 5.28. The maximum absolute atomic E-state index is 5.85. The number of aromatic nitrogens is 2. The first-order chi connectivity index (χ1) is 7.47. The number of hydrogen-bond acceptors (Lipinski definition) is 1. The van der Waals surface area contributed by atoms with Crippen molar-refractivity contribution < 1.29 is 0 Å². The fraction of sp³-hybridized carbons (Fsp3) is 0.308. The third kappa shape index (κ3) is 2.27. The molecule has 2 aromatic rings. The summed E-state index contributed by atoms with van der Waals surface area (Å²) in [5.74, 6) is 0. The summed E-state index contributed by atoms with van der Waals surface area (Å²) in [5, 5.41) is 5.10. The van der Waals surface area contributed by atoms with Gasteiger partial charge in [0.2, 0.25) is 0 Å². The van der Waals surface area contributed by atoms with Crippen LogP contribution in [0, 0.1) is 0 Å². The SMILES string of the molecule is CC(C)(C)c1cnn(-c2ccc(Cl)cc2)c1. The van der Waals surface area contributed by atoms with Gasteiger partial charge in [0.1, 0.15) is 0 Å². The average molecular weight is 235 g/mol. The molecule has 0 bridgehead atoms. The van der Waals surface area contributed by atoms with Crippen LogP contribution in [0.1, 0.15) is 26.3 Å². The van der Waals surface area contributed by atoms with Crippen LogP contribution in [-0.2, 0) is 5.41 Å². The lowest BCUT2D eigenvalue weighted by molar-refractivity contribution is 0.590. The minimum absolute atomic E-state index is 0.130. The van der Waals surface area contributed by atoms with Crippen LogP contribution in [0.2, 0.25) is 5.02 Å². The minimum atomic E-state index is 0.130. The second-order valence-electron chi connectivity index (χ2n) is 4.90. The molecule has 0 aliphatic heterocycles. The van der Waals surface area contributed by atoms with Crippen LogP contribution >= 0.6 is 11.6 Å². The van der Waals surface area contributed by atoms with Gasteiger partial charge in [-0.3, -0.25) is 0 Å². The van der Waals surface area contributed by atoms with E-state index < -0.39 is 0 Å². The Kier molecular flexibility index (Phi) is 2.76. The molecular weight excluding hydrogens is 220 g/mol. The number of hydrogen-bond donors (Lipinski definition) is 0. The van der Waals surface area contributed by atoms with Gasteiger partial charge in [-0.1, -0.05) is 32.4 Å². The van der Waals surface area contributed by atoms with Gasteiger partial charge in [-0.15, -0.1) is 0 Å². The van der Waals surface area contributed by atoms with E-state index in [1.807, 2.05) is 35.1 Å². The first kappa shape index (κ1) is 11.2. The summed E-state index contributed by atoms with van der Waals surface area (Å²) in [4.78, 5) is 0. The molecule has 0 fully saturated rings. The van der Waals surface area contributed by atoms with Crippen LogP contribution < -0.4 is 0 Å². The standard InChI is InChI=1S/C13H15ClN2/c1-13(2,3)10-8-15-16(9-10)12-6-4-11(14)5-7-12/h4-9H,1-3H3. The summed E-state index contributed by atoms with van der Waals surface area (Å²) >= 11 is 5.85. The fourth-order valence-electron chi connectivity index (χ4n) is 1.45. The molecule has 0 saturated carbocycles. The van der Waals surface area contributed by atoms with E-state index in [-0.39, 0.29) is 5.41 Å². The molecule has 1 aromatic carbocycles. The number of nitrogens with zero attached hydrogens (tertiary/aromatic N) is 2. The molecule has 2 nitrogen and oxygen atoms in total. The number of benzene rings is 1. The quantitative estimate of drug-likeness (QED) is 0.734. The van der Waals surface area contributed by atoms with Gasteiger partial charge in [0.05, 0.1) is 11.9 Å². The molecular formula is C13H15ClN2. The van der Waals surface area contributed by atoms with Gasteiger partial charge in [0.15, 0.2) is 0 Å². The predicted octanol–water partition coefficient (Wildman–Crippen LogP) is 3.82. The zero-order valence-electron chi connectivity index (χ0n) is 9.74. The Morgan fingerprint density at radius 2 is 1.75 bits per heavy atom. The Morgan fingerprint density at radius 3 is 2.25 bits per heavy atom. The number of rotatable bonds is 1. The summed E-state index contributed by atoms with van der Waals surface area (Å²) in [6.07, 6.45) is 3.97. The van der Waals surface area contributed by atoms with Crippen molar-refractivity contribution in [2.75, 3.05) is 0 Å². The predicted molar refractivity (Wildman–Crippen MR) is 67.3 cm³/mol. The lowest BCUT2D eigenvalue weighted by Crippen LogP contribution is -2.09. The second-order valence-corrected chi connectivity index (χ2v) is 5.34. The van der Waals surface area contributed by atoms with Gasteiger partial charge >= 0.3 is 0 Å². The Hall–Kier alpha value is -1.28. The molecule has 0 N–H and O–H groups in total. The van der Waals surface area contributed by atoms with Gasteiger partial charge in [0.25, 0.3) is 0 Å². The lowest BCUT2D eigenvalue weighted by atomic mass is 9.90. The van der Waals surface area contributed by atoms with Crippen LogP contribution in [0.3, 0.4) is 0 Å². The molecule has 1 heterocycles. The largest absolute Gasteiger partial charge is 0.241 e. The van der Waals surface area contributed by atoms with E-state index >= 15 is 0 Å². The van der Waals surface area contributed by atoms with E-state index in [0.29, 0.717) is 0 Å². The minimum Gasteiger partial charge on any atom is -0.241 e. The van der Waals surface area contributed by atoms with E-state index in [9.17, 15) is 0 Å². The normalized spacial score (nSPS) is 11.8. The van der Waals surface area contributed by atoms with E-state index in [1.165, 1.54) is 5.56 Å². The molecule has 16 heavy (non-hydrogen) atoms. The molecule has 0 amide bonds. The van der Waals surface area contributed by atoms with Crippen LogP contribution in [0.5, 0.6) is 0 Å². The van der Waals surface area contributed by atoms with Gasteiger partial charge in [-0.05, 0) is 35.2 Å². The molecule has 0 unspecified atom stereocenters. The van der Waals surface area contributed by atoms with Crippen LogP contribution in [0.25, 0.3) is 5.69 Å². The monoisotopic (exact) mass is 234 g/mol. The maximum Gasteiger partial charge on any atom is 0.0646 e. The Morgan fingerprint density at radius 1 is 1.12 bits per heavy atom. The highest BCUT2D eigenvalue weighted by Gasteiger charge is 2.15. The summed E-state index contributed by atoms with van der Waals surface area (Å²) in [6, 6.07) is 7.66. The smallest absolute Gasteiger partial charge is 0.0646 e. The van der Waals surface area contributed by atoms with Crippen LogP contribution in [0.15, 0.2) is 36.7 Å². The van der Waals surface area contributed by atoms with Crippen molar-refractivity contribution >= 4 is 11.6 Å². The van der Waals surface area contributed by atoms with E-state index in [4.69, 9.17) is 11.6 Å². The van der Waals surface area contributed by atoms with Crippen molar-refractivity contribution in [2.24, 2.45) is 0 Å². The summed E-state index contributed by atoms with van der Waals surface area (Å²) in [5.41, 5.74) is 2.38. The summed E-state index contributed by atoms with van der Waals surface area (Å²) in [6.45, 7) is 6.53. The van der Waals surface area contributed by atoms with Gasteiger partial charge < -0.3 is 0 Å². The molecule has 0 spiro atoms. The third-order valence-electron chi connectivity index (χ3n) is 2.54. The Labute approximate surface area is 101 Å². The molecule has 3 heteroatoms. The molecule has 0 saturated heterocycles. The van der Waals surface area contributed by atoms with Gasteiger partial charge in [0, 0.05) is 11.2 Å². The van der Waals surface area contributed by atoms with Gasteiger partial charge in [-0.2, -0.15) is 5.10 Å². The fourth-order valence-corrected chi connectivity index (χ4v) is 1.57. The zero-order chi connectivity index (χ0) is 11.8. The average Bonchev–Trinajstić information content (AvgIpc) is 2.67. The third-order valence-corrected chi connectivity index (χ3v) is 2.79. The lowest BCUT2D eigenvalue weighted by Gasteiger charge is -2.14. The molecule has 0 radical (unpaired) electrons. The van der Waals surface area contributed by atoms with E-state index in [1.54, 1.807) is 0 Å². The highest BCUT2D eigenvalue weighted by atomic mass is 35.5. The van der Waals surface area contributed by atoms with Crippen molar-refractivity contribution in [3.63, 3.8) is 0 Å². The zero-order valence-corrected chi connectivity index (χ0v) is 10.5. The van der Waals surface area contributed by atoms with Crippen molar-refractivity contribution in [3.05, 3.63) is 47.2 Å². The van der Waals surface area contributed by atoms with Crippen molar-refractivity contribution in [1.29, 1.82) is 0 Å². The van der Waals surface area contributed by atoms with Crippen molar-refractivity contribution in [1.82, 2.24) is 9.78 Å². The highest BCUT2D eigenvalue weighted by molar-refractivity contribution is 6.30. The molecule has 2 rings (SSSR count). The molecule has 1 aromatic heterocycles. The van der Waals surface area contributed by atoms with Crippen LogP contribution in [0.4, 0.5) is 0 Å². The topological polar surface area (TPSA) is 17.8 Å². The van der Waals surface area contributed by atoms with Gasteiger partial charge in [-0.25, -0.2) is 4.68 Å². The first-order valence-corrected chi connectivity index (χ1v) is 5.66. The Balaban J connectivity index is 2.35. The summed E-state index contributed by atoms with van der Waals surface area (Å²) < 4.78 is 1.87. The number of halogens is 1. The maximum atomic E-state index is 5.85. The summed E-state index contributed by atoms with van der Waals surface area (Å²) in [7, 11) is 0. The van der Waals surface area contributed by atoms with Crippen molar-refractivity contribution in [2.45, 2.75) is 26.2 Å².